The first kappa shape index (κ1) is 24.9. The van der Waals surface area contributed by atoms with Gasteiger partial charge in [0.1, 0.15) is 11.6 Å². The Bertz CT molecular complexity index is 1250. The lowest BCUT2D eigenvalue weighted by Gasteiger charge is -2.18. The van der Waals surface area contributed by atoms with Crippen molar-refractivity contribution < 1.29 is 17.6 Å². The van der Waals surface area contributed by atoms with Crippen molar-refractivity contribution in [1.82, 2.24) is 13.9 Å². The summed E-state index contributed by atoms with van der Waals surface area (Å²) in [6.07, 6.45) is 1.42. The summed E-state index contributed by atoms with van der Waals surface area (Å²) in [4.78, 5) is 17.4. The summed E-state index contributed by atoms with van der Waals surface area (Å²) < 4.78 is 42.8. The number of sulfonamides is 1. The monoisotopic (exact) mass is 474 g/mol. The Labute approximate surface area is 194 Å². The van der Waals surface area contributed by atoms with E-state index >= 15 is 0 Å². The van der Waals surface area contributed by atoms with Crippen molar-refractivity contribution in [1.29, 1.82) is 0 Å². The van der Waals surface area contributed by atoms with Crippen molar-refractivity contribution in [2.45, 2.75) is 58.4 Å². The Kier molecular flexibility index (Phi) is 7.86. The zero-order valence-corrected chi connectivity index (χ0v) is 20.4. The van der Waals surface area contributed by atoms with Crippen molar-refractivity contribution in [3.63, 3.8) is 0 Å². The number of anilines is 1. The van der Waals surface area contributed by atoms with Gasteiger partial charge in [-0.05, 0) is 49.2 Å². The second kappa shape index (κ2) is 10.4. The van der Waals surface area contributed by atoms with Crippen molar-refractivity contribution in [2.24, 2.45) is 0 Å². The lowest BCUT2D eigenvalue weighted by molar-refractivity contribution is -0.116. The molecule has 0 aliphatic carbocycles. The minimum absolute atomic E-state index is 0.174. The van der Waals surface area contributed by atoms with Crippen LogP contribution in [0.3, 0.4) is 0 Å². The molecule has 0 bridgehead atoms. The number of hydrogen-bond acceptors (Lipinski definition) is 4. The van der Waals surface area contributed by atoms with Crippen LogP contribution in [0.2, 0.25) is 0 Å². The van der Waals surface area contributed by atoms with Crippen molar-refractivity contribution >= 4 is 32.7 Å². The molecule has 0 radical (unpaired) electrons. The van der Waals surface area contributed by atoms with E-state index in [1.54, 1.807) is 31.2 Å². The van der Waals surface area contributed by atoms with Gasteiger partial charge in [0, 0.05) is 38.2 Å². The largest absolute Gasteiger partial charge is 0.328 e. The van der Waals surface area contributed by atoms with Crippen LogP contribution in [0.4, 0.5) is 10.1 Å². The van der Waals surface area contributed by atoms with Gasteiger partial charge in [0.2, 0.25) is 15.9 Å². The standard InChI is InChI=1S/C24H31FN4O3S/c1-5-14-29-22-11-10-19(33(31,32)28(6-2)7-3)16-21(22)26-23(29)12-13-24(30)27-20-15-18(25)9-8-17(20)4/h8-11,15-16H,5-7,12-14H2,1-4H3,(H,27,30). The highest BCUT2D eigenvalue weighted by molar-refractivity contribution is 7.89. The zero-order valence-electron chi connectivity index (χ0n) is 19.6. The molecule has 0 aliphatic rings. The molecule has 0 unspecified atom stereocenters. The number of rotatable bonds is 10. The van der Waals surface area contributed by atoms with Crippen molar-refractivity contribution in [3.05, 3.63) is 53.6 Å². The topological polar surface area (TPSA) is 84.3 Å². The number of aromatic nitrogens is 2. The number of hydrogen-bond donors (Lipinski definition) is 1. The summed E-state index contributed by atoms with van der Waals surface area (Å²) in [5.41, 5.74) is 2.66. The maximum Gasteiger partial charge on any atom is 0.243 e. The van der Waals surface area contributed by atoms with Crippen LogP contribution >= 0.6 is 0 Å². The Morgan fingerprint density at radius 2 is 1.85 bits per heavy atom. The van der Waals surface area contributed by atoms with Crippen molar-refractivity contribution in [3.8, 4) is 0 Å². The van der Waals surface area contributed by atoms with Crippen LogP contribution in [0.15, 0.2) is 41.3 Å². The molecule has 1 aromatic heterocycles. The maximum absolute atomic E-state index is 13.5. The minimum Gasteiger partial charge on any atom is -0.328 e. The van der Waals surface area contributed by atoms with E-state index in [9.17, 15) is 17.6 Å². The molecule has 1 heterocycles. The lowest BCUT2D eigenvalue weighted by Crippen LogP contribution is -2.30. The molecule has 3 rings (SSSR count). The van der Waals surface area contributed by atoms with Crippen LogP contribution in [0.5, 0.6) is 0 Å². The van der Waals surface area contributed by atoms with Gasteiger partial charge in [0.25, 0.3) is 0 Å². The quantitative estimate of drug-likeness (QED) is 0.469. The number of halogens is 1. The Morgan fingerprint density at radius 1 is 1.12 bits per heavy atom. The van der Waals surface area contributed by atoms with Gasteiger partial charge >= 0.3 is 0 Å². The molecule has 3 aromatic rings. The summed E-state index contributed by atoms with van der Waals surface area (Å²) >= 11 is 0. The van der Waals surface area contributed by atoms with Crippen LogP contribution in [0, 0.1) is 12.7 Å². The van der Waals surface area contributed by atoms with Crippen LogP contribution in [0.1, 0.15) is 45.0 Å². The van der Waals surface area contributed by atoms with E-state index < -0.39 is 15.8 Å². The van der Waals surface area contributed by atoms with Crippen LogP contribution in [-0.2, 0) is 27.8 Å². The van der Waals surface area contributed by atoms with Gasteiger partial charge in [0.15, 0.2) is 0 Å². The fraction of sp³-hybridized carbons (Fsp3) is 0.417. The van der Waals surface area contributed by atoms with E-state index in [1.165, 1.54) is 16.4 Å². The molecule has 2 aromatic carbocycles. The molecule has 1 amide bonds. The molecule has 33 heavy (non-hydrogen) atoms. The molecular weight excluding hydrogens is 443 g/mol. The number of amides is 1. The molecule has 9 heteroatoms. The van der Waals surface area contributed by atoms with Gasteiger partial charge in [-0.3, -0.25) is 4.79 Å². The molecule has 1 N–H and O–H groups in total. The Balaban J connectivity index is 1.85. The second-order valence-electron chi connectivity index (χ2n) is 7.93. The molecule has 0 saturated carbocycles. The van der Waals surface area contributed by atoms with E-state index in [0.29, 0.717) is 37.3 Å². The van der Waals surface area contributed by atoms with Gasteiger partial charge in [-0.1, -0.05) is 26.8 Å². The molecule has 0 atom stereocenters. The second-order valence-corrected chi connectivity index (χ2v) is 9.86. The minimum atomic E-state index is -3.59. The molecule has 7 nitrogen and oxygen atoms in total. The van der Waals surface area contributed by atoms with Crippen LogP contribution < -0.4 is 5.32 Å². The predicted molar refractivity (Wildman–Crippen MR) is 128 cm³/mol. The highest BCUT2D eigenvalue weighted by Gasteiger charge is 2.23. The van der Waals surface area contributed by atoms with Crippen LogP contribution in [-0.4, -0.2) is 41.3 Å². The summed E-state index contributed by atoms with van der Waals surface area (Å²) in [5, 5.41) is 2.76. The highest BCUT2D eigenvalue weighted by Crippen LogP contribution is 2.24. The summed E-state index contributed by atoms with van der Waals surface area (Å²) in [7, 11) is -3.59. The first-order chi connectivity index (χ1) is 15.7. The fourth-order valence-corrected chi connectivity index (χ4v) is 5.34. The van der Waals surface area contributed by atoms with E-state index in [1.807, 2.05) is 25.3 Å². The number of benzene rings is 2. The van der Waals surface area contributed by atoms with Crippen molar-refractivity contribution in [2.75, 3.05) is 18.4 Å². The maximum atomic E-state index is 13.5. The Morgan fingerprint density at radius 3 is 2.52 bits per heavy atom. The first-order valence-electron chi connectivity index (χ1n) is 11.3. The smallest absolute Gasteiger partial charge is 0.243 e. The molecule has 178 valence electrons. The first-order valence-corrected chi connectivity index (χ1v) is 12.7. The predicted octanol–water partition coefficient (Wildman–Crippen LogP) is 4.50. The summed E-state index contributed by atoms with van der Waals surface area (Å²) in [5.74, 6) is 0.0788. The summed E-state index contributed by atoms with van der Waals surface area (Å²) in [6, 6.07) is 9.29. The molecule has 0 spiro atoms. The molecule has 0 fully saturated rings. The zero-order chi connectivity index (χ0) is 24.2. The van der Waals surface area contributed by atoms with Crippen LogP contribution in [0.25, 0.3) is 11.0 Å². The van der Waals surface area contributed by atoms with E-state index in [2.05, 4.69) is 10.3 Å². The van der Waals surface area contributed by atoms with Gasteiger partial charge in [-0.25, -0.2) is 17.8 Å². The average Bonchev–Trinajstić information content (AvgIpc) is 3.12. The number of carbonyl (C=O) groups is 1. The number of nitrogens with zero attached hydrogens (tertiary/aromatic N) is 3. The number of imidazole rings is 1. The van der Waals surface area contributed by atoms with E-state index in [4.69, 9.17) is 0 Å². The lowest BCUT2D eigenvalue weighted by atomic mass is 10.2. The normalized spacial score (nSPS) is 11.9. The van der Waals surface area contributed by atoms with Gasteiger partial charge in [-0.15, -0.1) is 0 Å². The van der Waals surface area contributed by atoms with E-state index in [0.717, 1.165) is 23.3 Å². The number of carbonyl (C=O) groups excluding carboxylic acids is 1. The van der Waals surface area contributed by atoms with Gasteiger partial charge < -0.3 is 9.88 Å². The fourth-order valence-electron chi connectivity index (χ4n) is 3.86. The number of fused-ring (bicyclic) bond motifs is 1. The third kappa shape index (κ3) is 5.42. The third-order valence-electron chi connectivity index (χ3n) is 5.64. The molecule has 0 aliphatic heterocycles. The SMILES string of the molecule is CCCn1c(CCC(=O)Nc2cc(F)ccc2C)nc2cc(S(=O)(=O)N(CC)CC)ccc21. The summed E-state index contributed by atoms with van der Waals surface area (Å²) in [6.45, 7) is 8.97. The third-order valence-corrected chi connectivity index (χ3v) is 7.68. The van der Waals surface area contributed by atoms with Gasteiger partial charge in [0.05, 0.1) is 15.9 Å². The molecular formula is C24H31FN4O3S. The van der Waals surface area contributed by atoms with E-state index in [-0.39, 0.29) is 17.2 Å². The average molecular weight is 475 g/mol. The molecule has 0 saturated heterocycles. The Hall–Kier alpha value is -2.78. The number of nitrogens with one attached hydrogen (secondary N) is 1. The number of aryl methyl sites for hydroxylation is 3. The highest BCUT2D eigenvalue weighted by atomic mass is 32.2. The van der Waals surface area contributed by atoms with Gasteiger partial charge in [-0.2, -0.15) is 4.31 Å².